The van der Waals surface area contributed by atoms with Crippen molar-refractivity contribution in [2.75, 3.05) is 18.0 Å². The fraction of sp³-hybridized carbons (Fsp3) is 0.278. The van der Waals surface area contributed by atoms with Crippen LogP contribution in [0.2, 0.25) is 0 Å². The number of fused-ring (bicyclic) bond motifs is 1. The molecule has 3 heterocycles. The summed E-state index contributed by atoms with van der Waals surface area (Å²) in [6, 6.07) is 11.4. The summed E-state index contributed by atoms with van der Waals surface area (Å²) in [6.45, 7) is 2.00. The Morgan fingerprint density at radius 1 is 0.917 bits per heavy atom. The Kier molecular flexibility index (Phi) is 4.21. The molecule has 0 N–H and O–H groups in total. The Hall–Kier alpha value is -2.34. The molecule has 1 fully saturated rings. The molecular weight excluding hydrogens is 320 g/mol. The Balaban J connectivity index is 1.71. The summed E-state index contributed by atoms with van der Waals surface area (Å²) in [4.78, 5) is 16.1. The van der Waals surface area contributed by atoms with Gasteiger partial charge in [-0.3, -0.25) is 4.98 Å². The van der Waals surface area contributed by atoms with Gasteiger partial charge in [0, 0.05) is 30.9 Å². The summed E-state index contributed by atoms with van der Waals surface area (Å²) in [6.07, 6.45) is 7.03. The normalized spacial score (nSPS) is 16.2. The molecule has 0 amide bonds. The third kappa shape index (κ3) is 2.89. The summed E-state index contributed by atoms with van der Waals surface area (Å²) in [5.41, 5.74) is 0.741. The molecule has 1 aliphatic heterocycles. The zero-order valence-corrected chi connectivity index (χ0v) is 14.1. The van der Waals surface area contributed by atoms with Crippen LogP contribution >= 0.6 is 0 Å². The molecule has 1 aliphatic rings. The second-order valence-corrected chi connectivity index (χ2v) is 7.19. The molecule has 4 rings (SSSR count). The molecule has 5 nitrogen and oxygen atoms in total. The van der Waals surface area contributed by atoms with Crippen molar-refractivity contribution in [1.82, 2.24) is 15.0 Å². The Labute approximate surface area is 143 Å². The second-order valence-electron chi connectivity index (χ2n) is 5.85. The quantitative estimate of drug-likeness (QED) is 0.687. The number of para-hydroxylation sites is 1. The number of rotatable bonds is 3. The second kappa shape index (κ2) is 6.65. The molecule has 1 unspecified atom stereocenters. The molecule has 0 aliphatic carbocycles. The van der Waals surface area contributed by atoms with Gasteiger partial charge in [0.25, 0.3) is 0 Å². The monoisotopic (exact) mass is 338 g/mol. The van der Waals surface area contributed by atoms with Crippen molar-refractivity contribution in [3.05, 3.63) is 48.8 Å². The Morgan fingerprint density at radius 3 is 2.62 bits per heavy atom. The van der Waals surface area contributed by atoms with Crippen LogP contribution in [0.15, 0.2) is 58.8 Å². The average Bonchev–Trinajstić information content (AvgIpc) is 2.68. The topological polar surface area (TPSA) is 59.0 Å². The summed E-state index contributed by atoms with van der Waals surface area (Å²) < 4.78 is 13.0. The predicted octanol–water partition coefficient (Wildman–Crippen LogP) is 3.18. The van der Waals surface area contributed by atoms with E-state index < -0.39 is 10.8 Å². The van der Waals surface area contributed by atoms with Crippen LogP contribution in [-0.4, -0.2) is 32.3 Å². The Morgan fingerprint density at radius 2 is 1.75 bits per heavy atom. The van der Waals surface area contributed by atoms with Crippen LogP contribution in [0, 0.1) is 0 Å². The van der Waals surface area contributed by atoms with Crippen molar-refractivity contribution in [3.63, 3.8) is 0 Å². The lowest BCUT2D eigenvalue weighted by Gasteiger charge is -2.27. The van der Waals surface area contributed by atoms with Crippen molar-refractivity contribution in [2.45, 2.75) is 29.3 Å². The van der Waals surface area contributed by atoms with Crippen molar-refractivity contribution in [3.8, 4) is 0 Å². The van der Waals surface area contributed by atoms with Gasteiger partial charge in [-0.15, -0.1) is 0 Å². The van der Waals surface area contributed by atoms with Crippen LogP contribution in [0.4, 0.5) is 5.82 Å². The molecule has 1 aromatic carbocycles. The van der Waals surface area contributed by atoms with Crippen LogP contribution in [0.3, 0.4) is 0 Å². The number of aromatic nitrogens is 3. The van der Waals surface area contributed by atoms with E-state index in [4.69, 9.17) is 0 Å². The third-order valence-corrected chi connectivity index (χ3v) is 5.52. The van der Waals surface area contributed by atoms with Gasteiger partial charge in [-0.25, -0.2) is 14.2 Å². The smallest absolute Gasteiger partial charge is 0.225 e. The van der Waals surface area contributed by atoms with E-state index in [-0.39, 0.29) is 0 Å². The van der Waals surface area contributed by atoms with Crippen molar-refractivity contribution >= 4 is 27.5 Å². The minimum Gasteiger partial charge on any atom is -0.356 e. The van der Waals surface area contributed by atoms with Gasteiger partial charge in [0.15, 0.2) is 0 Å². The number of pyridine rings is 1. The molecule has 24 heavy (non-hydrogen) atoms. The van der Waals surface area contributed by atoms with Gasteiger partial charge < -0.3 is 4.90 Å². The first-order valence-electron chi connectivity index (χ1n) is 8.16. The molecule has 0 spiro atoms. The standard InChI is InChI=1S/C18H18N4OS/c23-24(15-8-4-6-14-7-5-10-19-17(14)15)18-20-11-9-16(21-18)22-12-2-1-3-13-22/h4-11H,1-3,12-13H2. The van der Waals surface area contributed by atoms with Crippen molar-refractivity contribution in [1.29, 1.82) is 0 Å². The van der Waals surface area contributed by atoms with Crippen molar-refractivity contribution in [2.24, 2.45) is 0 Å². The van der Waals surface area contributed by atoms with Gasteiger partial charge in [0.2, 0.25) is 5.16 Å². The van der Waals surface area contributed by atoms with Crippen LogP contribution in [-0.2, 0) is 10.8 Å². The van der Waals surface area contributed by atoms with Crippen LogP contribution in [0.1, 0.15) is 19.3 Å². The molecule has 1 saturated heterocycles. The van der Waals surface area contributed by atoms with E-state index in [1.807, 2.05) is 36.4 Å². The average molecular weight is 338 g/mol. The zero-order chi connectivity index (χ0) is 16.4. The molecule has 122 valence electrons. The molecule has 1 atom stereocenters. The van der Waals surface area contributed by atoms with Crippen LogP contribution in [0.25, 0.3) is 10.9 Å². The number of benzene rings is 1. The number of hydrogen-bond acceptors (Lipinski definition) is 5. The number of nitrogens with zero attached hydrogens (tertiary/aromatic N) is 4. The van der Waals surface area contributed by atoms with Crippen LogP contribution < -0.4 is 4.90 Å². The molecule has 0 radical (unpaired) electrons. The van der Waals surface area contributed by atoms with E-state index in [9.17, 15) is 4.21 Å². The maximum absolute atomic E-state index is 13.0. The molecule has 0 saturated carbocycles. The summed E-state index contributed by atoms with van der Waals surface area (Å²) in [5.74, 6) is 0.862. The van der Waals surface area contributed by atoms with Gasteiger partial charge in [-0.05, 0) is 37.5 Å². The van der Waals surface area contributed by atoms with Crippen LogP contribution in [0.5, 0.6) is 0 Å². The maximum atomic E-state index is 13.0. The van der Waals surface area contributed by atoms with E-state index in [0.29, 0.717) is 10.1 Å². The Bertz CT molecular complexity index is 888. The SMILES string of the molecule is O=S(c1nccc(N2CCCCC2)n1)c1cccc2cccnc12. The van der Waals surface area contributed by atoms with Gasteiger partial charge in [0.05, 0.1) is 10.4 Å². The fourth-order valence-electron chi connectivity index (χ4n) is 3.04. The highest BCUT2D eigenvalue weighted by molar-refractivity contribution is 7.85. The lowest BCUT2D eigenvalue weighted by molar-refractivity contribution is 0.570. The highest BCUT2D eigenvalue weighted by Crippen LogP contribution is 2.24. The first kappa shape index (κ1) is 15.2. The molecule has 6 heteroatoms. The van der Waals surface area contributed by atoms with Gasteiger partial charge >= 0.3 is 0 Å². The van der Waals surface area contributed by atoms with Crippen molar-refractivity contribution < 1.29 is 4.21 Å². The highest BCUT2D eigenvalue weighted by atomic mass is 32.2. The van der Waals surface area contributed by atoms with E-state index >= 15 is 0 Å². The fourth-order valence-corrected chi connectivity index (χ4v) is 4.12. The van der Waals surface area contributed by atoms with E-state index in [1.54, 1.807) is 12.4 Å². The largest absolute Gasteiger partial charge is 0.356 e. The van der Waals surface area contributed by atoms with E-state index in [1.165, 1.54) is 19.3 Å². The lowest BCUT2D eigenvalue weighted by Crippen LogP contribution is -2.30. The predicted molar refractivity (Wildman–Crippen MR) is 94.5 cm³/mol. The minimum absolute atomic E-state index is 0.344. The molecule has 2 aromatic heterocycles. The van der Waals surface area contributed by atoms with Gasteiger partial charge in [-0.1, -0.05) is 18.2 Å². The number of piperidine rings is 1. The molecule has 3 aromatic rings. The summed E-state index contributed by atoms with van der Waals surface area (Å²) in [7, 11) is -1.45. The van der Waals surface area contributed by atoms with Gasteiger partial charge in [0.1, 0.15) is 16.6 Å². The van der Waals surface area contributed by atoms with E-state index in [0.717, 1.165) is 29.8 Å². The third-order valence-electron chi connectivity index (χ3n) is 4.26. The molecular formula is C18H18N4OS. The number of anilines is 1. The number of hydrogen-bond donors (Lipinski definition) is 0. The summed E-state index contributed by atoms with van der Waals surface area (Å²) in [5, 5.41) is 1.31. The highest BCUT2D eigenvalue weighted by Gasteiger charge is 2.17. The van der Waals surface area contributed by atoms with E-state index in [2.05, 4.69) is 19.9 Å². The zero-order valence-electron chi connectivity index (χ0n) is 13.3. The lowest BCUT2D eigenvalue weighted by atomic mass is 10.1. The molecule has 0 bridgehead atoms. The van der Waals surface area contributed by atoms with Gasteiger partial charge in [-0.2, -0.15) is 0 Å². The first-order valence-corrected chi connectivity index (χ1v) is 9.31. The minimum atomic E-state index is -1.45. The maximum Gasteiger partial charge on any atom is 0.225 e. The summed E-state index contributed by atoms with van der Waals surface area (Å²) >= 11 is 0. The first-order chi connectivity index (χ1) is 11.8.